The molecule has 0 unspecified atom stereocenters. The van der Waals surface area contributed by atoms with Crippen LogP contribution in [-0.4, -0.2) is 9.55 Å². The van der Waals surface area contributed by atoms with Crippen LogP contribution in [0.2, 0.25) is 5.02 Å². The zero-order valence-corrected chi connectivity index (χ0v) is 12.1. The van der Waals surface area contributed by atoms with Gasteiger partial charge in [-0.05, 0) is 47.5 Å². The van der Waals surface area contributed by atoms with Gasteiger partial charge in [0.1, 0.15) is 0 Å². The van der Waals surface area contributed by atoms with Crippen molar-refractivity contribution >= 4 is 22.5 Å². The molecule has 21 heavy (non-hydrogen) atoms. The molecule has 2 heterocycles. The predicted octanol–water partition coefficient (Wildman–Crippen LogP) is 4.84. The van der Waals surface area contributed by atoms with Gasteiger partial charge in [0.25, 0.3) is 0 Å². The van der Waals surface area contributed by atoms with E-state index in [4.69, 9.17) is 11.6 Å². The molecule has 2 aromatic rings. The first-order valence-electron chi connectivity index (χ1n) is 6.87. The molecule has 1 aromatic heterocycles. The summed E-state index contributed by atoms with van der Waals surface area (Å²) in [5, 5.41) is 2.04. The number of nitrogens with zero attached hydrogens (tertiary/aromatic N) is 2. The quantitative estimate of drug-likeness (QED) is 0.517. The maximum atomic E-state index is 6.08. The number of halogens is 1. The first-order chi connectivity index (χ1) is 10.3. The van der Waals surface area contributed by atoms with Gasteiger partial charge >= 0.3 is 0 Å². The lowest BCUT2D eigenvalue weighted by Crippen LogP contribution is -1.97. The lowest BCUT2D eigenvalue weighted by molar-refractivity contribution is 0.838. The van der Waals surface area contributed by atoms with Crippen molar-refractivity contribution in [3.05, 3.63) is 77.7 Å². The topological polar surface area (TPSA) is 17.8 Å². The monoisotopic (exact) mass is 292 g/mol. The van der Waals surface area contributed by atoms with E-state index in [9.17, 15) is 0 Å². The molecule has 0 spiro atoms. The number of rotatable bonds is 2. The summed E-state index contributed by atoms with van der Waals surface area (Å²) < 4.78 is 2.27. The Kier molecular flexibility index (Phi) is 2.90. The summed E-state index contributed by atoms with van der Waals surface area (Å²) in [5.41, 5.74) is 4.91. The van der Waals surface area contributed by atoms with Crippen molar-refractivity contribution < 1.29 is 0 Å². The van der Waals surface area contributed by atoms with Crippen LogP contribution in [0.15, 0.2) is 67.1 Å². The molecule has 0 saturated heterocycles. The number of hydrogen-bond donors (Lipinski definition) is 0. The number of fused-ring (bicyclic) bond motifs is 3. The van der Waals surface area contributed by atoms with Crippen molar-refractivity contribution in [3.8, 4) is 11.1 Å². The lowest BCUT2D eigenvalue weighted by atomic mass is 10.2. The van der Waals surface area contributed by atoms with Gasteiger partial charge in [-0.25, -0.2) is 0 Å². The molecule has 4 rings (SSSR count). The molecule has 2 nitrogen and oxygen atoms in total. The highest BCUT2D eigenvalue weighted by atomic mass is 35.5. The van der Waals surface area contributed by atoms with E-state index < -0.39 is 0 Å². The molecular weight excluding hydrogens is 280 g/mol. The van der Waals surface area contributed by atoms with Crippen LogP contribution in [0.25, 0.3) is 22.0 Å². The highest BCUT2D eigenvalue weighted by molar-refractivity contribution is 6.30. The highest BCUT2D eigenvalue weighted by Gasteiger charge is 2.12. The van der Waals surface area contributed by atoms with Crippen molar-refractivity contribution in [1.82, 2.24) is 9.55 Å². The van der Waals surface area contributed by atoms with Crippen LogP contribution in [0.4, 0.5) is 0 Å². The molecule has 1 aromatic carbocycles. The van der Waals surface area contributed by atoms with Gasteiger partial charge in [-0.2, -0.15) is 0 Å². The average molecular weight is 293 g/mol. The van der Waals surface area contributed by atoms with Gasteiger partial charge in [-0.15, -0.1) is 0 Å². The van der Waals surface area contributed by atoms with Crippen LogP contribution in [0.3, 0.4) is 0 Å². The minimum Gasteiger partial charge on any atom is -0.343 e. The minimum absolute atomic E-state index is 0.777. The van der Waals surface area contributed by atoms with E-state index in [2.05, 4.69) is 46.1 Å². The second-order valence-electron chi connectivity index (χ2n) is 5.17. The third kappa shape index (κ3) is 2.18. The van der Waals surface area contributed by atoms with E-state index in [1.165, 1.54) is 27.6 Å². The largest absolute Gasteiger partial charge is 0.343 e. The maximum Gasteiger partial charge on any atom is 0.0563 e. The van der Waals surface area contributed by atoms with E-state index in [1.807, 2.05) is 30.6 Å². The Morgan fingerprint density at radius 3 is 2.81 bits per heavy atom. The molecule has 0 fully saturated rings. The summed E-state index contributed by atoms with van der Waals surface area (Å²) in [5.74, 6) is 0. The lowest BCUT2D eigenvalue weighted by Gasteiger charge is -2.07. The fourth-order valence-corrected chi connectivity index (χ4v) is 3.08. The van der Waals surface area contributed by atoms with Crippen molar-refractivity contribution in [2.45, 2.75) is 6.54 Å². The molecule has 0 atom stereocenters. The van der Waals surface area contributed by atoms with Gasteiger partial charge < -0.3 is 4.57 Å². The third-order valence-electron chi connectivity index (χ3n) is 3.78. The summed E-state index contributed by atoms with van der Waals surface area (Å²) in [6, 6.07) is 16.5. The van der Waals surface area contributed by atoms with E-state index >= 15 is 0 Å². The molecule has 0 bridgehead atoms. The Morgan fingerprint density at radius 1 is 1.00 bits per heavy atom. The summed E-state index contributed by atoms with van der Waals surface area (Å²) in [6.07, 6.45) is 5.81. The van der Waals surface area contributed by atoms with Gasteiger partial charge in [0, 0.05) is 41.1 Å². The van der Waals surface area contributed by atoms with Gasteiger partial charge in [-0.1, -0.05) is 23.7 Å². The van der Waals surface area contributed by atoms with Gasteiger partial charge in [0.2, 0.25) is 0 Å². The number of benzene rings is 1. The first-order valence-corrected chi connectivity index (χ1v) is 7.25. The van der Waals surface area contributed by atoms with E-state index in [-0.39, 0.29) is 0 Å². The van der Waals surface area contributed by atoms with Crippen LogP contribution < -0.4 is 0 Å². The SMILES string of the molecule is Clc1cccc(Cn2ccc3cc4ccnccc-4c32)c1. The summed E-state index contributed by atoms with van der Waals surface area (Å²) in [6.45, 7) is 0.815. The van der Waals surface area contributed by atoms with Crippen LogP contribution in [0, 0.1) is 0 Å². The highest BCUT2D eigenvalue weighted by Crippen LogP contribution is 2.34. The van der Waals surface area contributed by atoms with Crippen molar-refractivity contribution in [3.63, 3.8) is 0 Å². The molecule has 0 amide bonds. The maximum absolute atomic E-state index is 6.08. The Bertz CT molecular complexity index is 895. The Balaban J connectivity index is 1.86. The van der Waals surface area contributed by atoms with Crippen molar-refractivity contribution in [2.75, 3.05) is 0 Å². The van der Waals surface area contributed by atoms with E-state index in [0.29, 0.717) is 0 Å². The Labute approximate surface area is 128 Å². The number of hydrogen-bond acceptors (Lipinski definition) is 1. The van der Waals surface area contributed by atoms with E-state index in [0.717, 1.165) is 11.6 Å². The second-order valence-corrected chi connectivity index (χ2v) is 5.61. The summed E-state index contributed by atoms with van der Waals surface area (Å²) in [4.78, 5) is 4.19. The molecule has 0 N–H and O–H groups in total. The van der Waals surface area contributed by atoms with Crippen LogP contribution in [0.5, 0.6) is 0 Å². The van der Waals surface area contributed by atoms with Crippen molar-refractivity contribution in [1.29, 1.82) is 0 Å². The molecular formula is C18H13ClN2. The normalized spacial score (nSPS) is 11.3. The Morgan fingerprint density at radius 2 is 1.90 bits per heavy atom. The van der Waals surface area contributed by atoms with Gasteiger partial charge in [-0.3, -0.25) is 4.98 Å². The number of aromatic nitrogens is 2. The molecule has 3 heteroatoms. The molecule has 102 valence electrons. The van der Waals surface area contributed by atoms with Crippen LogP contribution >= 0.6 is 11.6 Å². The fourth-order valence-electron chi connectivity index (χ4n) is 2.87. The molecule has 2 aliphatic rings. The zero-order valence-electron chi connectivity index (χ0n) is 11.3. The predicted molar refractivity (Wildman–Crippen MR) is 86.9 cm³/mol. The molecule has 0 radical (unpaired) electrons. The van der Waals surface area contributed by atoms with Crippen LogP contribution in [0.1, 0.15) is 5.56 Å². The van der Waals surface area contributed by atoms with E-state index in [1.54, 1.807) is 0 Å². The molecule has 1 aliphatic carbocycles. The molecule has 1 aliphatic heterocycles. The second kappa shape index (κ2) is 4.90. The van der Waals surface area contributed by atoms with Crippen LogP contribution in [-0.2, 0) is 6.54 Å². The molecule has 0 saturated carbocycles. The summed E-state index contributed by atoms with van der Waals surface area (Å²) >= 11 is 6.08. The van der Waals surface area contributed by atoms with Crippen molar-refractivity contribution in [2.24, 2.45) is 0 Å². The fraction of sp³-hybridized carbons (Fsp3) is 0.0556. The van der Waals surface area contributed by atoms with Gasteiger partial charge in [0.05, 0.1) is 5.52 Å². The standard InChI is InChI=1S/C18H13ClN2/c19-16-3-1-2-13(10-16)12-21-9-6-15-11-14-4-7-20-8-5-17(14)18(15)21/h1-11H,12H2. The first kappa shape index (κ1) is 12.4. The zero-order chi connectivity index (χ0) is 14.2. The smallest absolute Gasteiger partial charge is 0.0563 e. The summed E-state index contributed by atoms with van der Waals surface area (Å²) in [7, 11) is 0. The minimum atomic E-state index is 0.777. The Hall–Kier alpha value is -2.32. The third-order valence-corrected chi connectivity index (χ3v) is 4.02. The average Bonchev–Trinajstić information content (AvgIpc) is 2.92. The van der Waals surface area contributed by atoms with Gasteiger partial charge in [0.15, 0.2) is 0 Å².